The molecule has 1 heterocycles. The Balaban J connectivity index is 2.35. The van der Waals surface area contributed by atoms with Crippen molar-refractivity contribution in [3.8, 4) is 0 Å². The number of benzene rings is 1. The van der Waals surface area contributed by atoms with Crippen LogP contribution in [-0.4, -0.2) is 52.2 Å². The lowest BCUT2D eigenvalue weighted by molar-refractivity contribution is -0.132. The standard InChI is InChI=1S/C24H36N4O5/c1-16(2)15-24(18-12-8-7-9-13-18)19(29)28(14-10-11-17(3)25-21(30)31)20(27-24)26-22(32)33-23(4,5)6/h7-9,12-13,16-17,25H,10-11,14-15H2,1-6H3,(H,30,31)(H,26,27,32)/t17-,24+/m0/s1. The Morgan fingerprint density at radius 3 is 2.36 bits per heavy atom. The van der Waals surface area contributed by atoms with E-state index in [0.717, 1.165) is 5.56 Å². The summed E-state index contributed by atoms with van der Waals surface area (Å²) in [5.41, 5.74) is -1.09. The topological polar surface area (TPSA) is 120 Å². The van der Waals surface area contributed by atoms with Crippen molar-refractivity contribution < 1.29 is 24.2 Å². The Morgan fingerprint density at radius 2 is 1.82 bits per heavy atom. The smallest absolute Gasteiger partial charge is 0.414 e. The molecule has 0 bridgehead atoms. The molecule has 0 aromatic heterocycles. The van der Waals surface area contributed by atoms with Crippen molar-refractivity contribution >= 4 is 24.1 Å². The van der Waals surface area contributed by atoms with Gasteiger partial charge in [-0.15, -0.1) is 0 Å². The van der Waals surface area contributed by atoms with Crippen molar-refractivity contribution in [2.75, 3.05) is 6.54 Å². The summed E-state index contributed by atoms with van der Waals surface area (Å²) in [5.74, 6) is 0.102. The molecular formula is C24H36N4O5. The van der Waals surface area contributed by atoms with E-state index < -0.39 is 23.3 Å². The van der Waals surface area contributed by atoms with Crippen LogP contribution in [0.3, 0.4) is 0 Å². The van der Waals surface area contributed by atoms with Crippen LogP contribution in [0.25, 0.3) is 0 Å². The van der Waals surface area contributed by atoms with Crippen LogP contribution in [0.5, 0.6) is 0 Å². The SMILES string of the molecule is CC(C)C[C@]1(c2ccccc2)N=C(NC(=O)OC(C)(C)C)N(CCC[C@H](C)NC(=O)O)C1=O. The number of carbonyl (C=O) groups excluding carboxylic acids is 2. The fraction of sp³-hybridized carbons (Fsp3) is 0.583. The number of hydrogen-bond acceptors (Lipinski definition) is 5. The number of hydrogen-bond donors (Lipinski definition) is 3. The van der Waals surface area contributed by atoms with Crippen LogP contribution in [0, 0.1) is 5.92 Å². The van der Waals surface area contributed by atoms with Crippen molar-refractivity contribution in [3.63, 3.8) is 0 Å². The molecule has 1 aromatic rings. The first-order chi connectivity index (χ1) is 15.3. The first kappa shape index (κ1) is 26.2. The van der Waals surface area contributed by atoms with Crippen LogP contribution in [-0.2, 0) is 15.1 Å². The second-order valence-electron chi connectivity index (χ2n) is 9.84. The Bertz CT molecular complexity index is 879. The highest BCUT2D eigenvalue weighted by Crippen LogP contribution is 2.39. The molecule has 1 aliphatic rings. The number of nitrogens with one attached hydrogen (secondary N) is 2. The zero-order chi connectivity index (χ0) is 24.8. The average Bonchev–Trinajstić information content (AvgIpc) is 2.92. The fourth-order valence-corrected chi connectivity index (χ4v) is 3.89. The van der Waals surface area contributed by atoms with Gasteiger partial charge in [-0.2, -0.15) is 0 Å². The van der Waals surface area contributed by atoms with Crippen LogP contribution >= 0.6 is 0 Å². The molecular weight excluding hydrogens is 424 g/mol. The molecule has 0 saturated heterocycles. The highest BCUT2D eigenvalue weighted by atomic mass is 16.6. The van der Waals surface area contributed by atoms with Gasteiger partial charge in [0.15, 0.2) is 5.54 Å². The van der Waals surface area contributed by atoms with Gasteiger partial charge in [0, 0.05) is 12.6 Å². The number of amides is 3. The lowest BCUT2D eigenvalue weighted by Crippen LogP contribution is -2.48. The Morgan fingerprint density at radius 1 is 1.18 bits per heavy atom. The summed E-state index contributed by atoms with van der Waals surface area (Å²) in [6.07, 6.45) is -0.252. The number of guanidine groups is 1. The van der Waals surface area contributed by atoms with Crippen LogP contribution < -0.4 is 10.6 Å². The van der Waals surface area contributed by atoms with E-state index in [0.29, 0.717) is 19.3 Å². The number of carbonyl (C=O) groups is 3. The molecule has 182 valence electrons. The van der Waals surface area contributed by atoms with Crippen molar-refractivity contribution in [1.29, 1.82) is 0 Å². The summed E-state index contributed by atoms with van der Waals surface area (Å²) in [7, 11) is 0. The minimum Gasteiger partial charge on any atom is -0.465 e. The summed E-state index contributed by atoms with van der Waals surface area (Å²) in [6.45, 7) is 11.4. The minimum atomic E-state index is -1.15. The van der Waals surface area contributed by atoms with Gasteiger partial charge in [-0.05, 0) is 58.4 Å². The molecule has 2 rings (SSSR count). The first-order valence-corrected chi connectivity index (χ1v) is 11.3. The zero-order valence-electron chi connectivity index (χ0n) is 20.3. The summed E-state index contributed by atoms with van der Waals surface area (Å²) >= 11 is 0. The van der Waals surface area contributed by atoms with Gasteiger partial charge in [-0.1, -0.05) is 44.2 Å². The summed E-state index contributed by atoms with van der Waals surface area (Å²) < 4.78 is 5.38. The van der Waals surface area contributed by atoms with E-state index >= 15 is 0 Å². The van der Waals surface area contributed by atoms with Gasteiger partial charge in [0.1, 0.15) is 5.60 Å². The maximum atomic E-state index is 13.8. The zero-order valence-corrected chi connectivity index (χ0v) is 20.3. The van der Waals surface area contributed by atoms with E-state index in [2.05, 4.69) is 10.6 Å². The van der Waals surface area contributed by atoms with Crippen LogP contribution in [0.4, 0.5) is 9.59 Å². The number of nitrogens with zero attached hydrogens (tertiary/aromatic N) is 2. The predicted molar refractivity (Wildman–Crippen MR) is 126 cm³/mol. The third-order valence-corrected chi connectivity index (χ3v) is 5.11. The van der Waals surface area contributed by atoms with Gasteiger partial charge in [-0.3, -0.25) is 15.0 Å². The van der Waals surface area contributed by atoms with Gasteiger partial charge < -0.3 is 15.2 Å². The Kier molecular flexibility index (Phi) is 8.46. The first-order valence-electron chi connectivity index (χ1n) is 11.3. The van der Waals surface area contributed by atoms with E-state index in [1.54, 1.807) is 27.7 Å². The van der Waals surface area contributed by atoms with E-state index in [1.165, 1.54) is 4.90 Å². The third kappa shape index (κ3) is 7.20. The third-order valence-electron chi connectivity index (χ3n) is 5.11. The van der Waals surface area contributed by atoms with Gasteiger partial charge in [0.05, 0.1) is 0 Å². The largest absolute Gasteiger partial charge is 0.465 e. The minimum absolute atomic E-state index is 0.151. The molecule has 0 spiro atoms. The van der Waals surface area contributed by atoms with Crippen molar-refractivity contribution in [1.82, 2.24) is 15.5 Å². The van der Waals surface area contributed by atoms with Gasteiger partial charge >= 0.3 is 12.2 Å². The number of rotatable bonds is 8. The highest BCUT2D eigenvalue weighted by molar-refractivity contribution is 6.11. The molecule has 9 nitrogen and oxygen atoms in total. The summed E-state index contributed by atoms with van der Waals surface area (Å²) in [5, 5.41) is 14.0. The molecule has 0 unspecified atom stereocenters. The van der Waals surface area contributed by atoms with E-state index in [-0.39, 0.29) is 30.4 Å². The molecule has 0 saturated carbocycles. The van der Waals surface area contributed by atoms with E-state index in [4.69, 9.17) is 14.8 Å². The molecule has 0 fully saturated rings. The Hall–Kier alpha value is -3.10. The maximum Gasteiger partial charge on any atom is 0.414 e. The number of carboxylic acid groups (broad SMARTS) is 1. The van der Waals surface area contributed by atoms with Crippen LogP contribution in [0.15, 0.2) is 35.3 Å². The summed E-state index contributed by atoms with van der Waals surface area (Å²) in [4.78, 5) is 43.4. The molecule has 3 N–H and O–H groups in total. The molecule has 0 aliphatic carbocycles. The second kappa shape index (κ2) is 10.7. The fourth-order valence-electron chi connectivity index (χ4n) is 3.89. The molecule has 2 atom stereocenters. The Labute approximate surface area is 195 Å². The van der Waals surface area contributed by atoms with Crippen molar-refractivity contribution in [2.45, 2.75) is 78.0 Å². The highest BCUT2D eigenvalue weighted by Gasteiger charge is 2.50. The molecule has 3 amide bonds. The van der Waals surface area contributed by atoms with Crippen molar-refractivity contribution in [2.24, 2.45) is 10.9 Å². The monoisotopic (exact) mass is 460 g/mol. The number of aliphatic imine (C=N–C) groups is 1. The number of alkyl carbamates (subject to hydrolysis) is 1. The lowest BCUT2D eigenvalue weighted by Gasteiger charge is -2.28. The van der Waals surface area contributed by atoms with Crippen LogP contribution in [0.2, 0.25) is 0 Å². The van der Waals surface area contributed by atoms with Crippen molar-refractivity contribution in [3.05, 3.63) is 35.9 Å². The molecule has 0 radical (unpaired) electrons. The van der Waals surface area contributed by atoms with Crippen LogP contribution in [0.1, 0.15) is 66.4 Å². The quantitative estimate of drug-likeness (QED) is 0.540. The van der Waals surface area contributed by atoms with Gasteiger partial charge in [0.25, 0.3) is 5.91 Å². The predicted octanol–water partition coefficient (Wildman–Crippen LogP) is 4.09. The lowest BCUT2D eigenvalue weighted by atomic mass is 9.82. The second-order valence-corrected chi connectivity index (χ2v) is 9.84. The van der Waals surface area contributed by atoms with Gasteiger partial charge in [-0.25, -0.2) is 14.6 Å². The van der Waals surface area contributed by atoms with E-state index in [1.807, 2.05) is 44.2 Å². The molecule has 9 heteroatoms. The van der Waals surface area contributed by atoms with E-state index in [9.17, 15) is 14.4 Å². The maximum absolute atomic E-state index is 13.8. The number of ether oxygens (including phenoxy) is 1. The summed E-state index contributed by atoms with van der Waals surface area (Å²) in [6, 6.07) is 9.08. The molecule has 1 aliphatic heterocycles. The van der Waals surface area contributed by atoms with Gasteiger partial charge in [0.2, 0.25) is 5.96 Å². The average molecular weight is 461 g/mol. The molecule has 33 heavy (non-hydrogen) atoms. The normalized spacial score (nSPS) is 19.3. The molecule has 1 aromatic carbocycles.